The number of amides is 2. The van der Waals surface area contributed by atoms with Crippen molar-refractivity contribution in [1.29, 1.82) is 0 Å². The van der Waals surface area contributed by atoms with Gasteiger partial charge in [0.15, 0.2) is 5.69 Å². The molecule has 11 heteroatoms. The van der Waals surface area contributed by atoms with Crippen molar-refractivity contribution >= 4 is 40.8 Å². The molecule has 2 N–H and O–H groups in total. The molecule has 0 aliphatic carbocycles. The summed E-state index contributed by atoms with van der Waals surface area (Å²) in [6, 6.07) is 16.0. The van der Waals surface area contributed by atoms with Crippen LogP contribution in [-0.2, 0) is 4.74 Å². The van der Waals surface area contributed by atoms with Crippen LogP contribution in [0.1, 0.15) is 27.3 Å². The second-order valence-electron chi connectivity index (χ2n) is 8.70. The highest BCUT2D eigenvalue weighted by molar-refractivity contribution is 6.38. The van der Waals surface area contributed by atoms with Crippen LogP contribution < -0.4 is 10.6 Å². The molecule has 5 rings (SSSR count). The average Bonchev–Trinajstić information content (AvgIpc) is 3.59. The van der Waals surface area contributed by atoms with Crippen molar-refractivity contribution in [3.05, 3.63) is 94.0 Å². The molecule has 1 fully saturated rings. The first-order valence-electron chi connectivity index (χ1n) is 11.8. The van der Waals surface area contributed by atoms with Gasteiger partial charge in [0.1, 0.15) is 17.3 Å². The lowest BCUT2D eigenvalue weighted by Crippen LogP contribution is -2.29. The maximum absolute atomic E-state index is 14.4. The predicted octanol–water partition coefficient (Wildman–Crippen LogP) is 5.40. The van der Waals surface area contributed by atoms with Crippen LogP contribution in [0.5, 0.6) is 0 Å². The fraction of sp³-hybridized carbons (Fsp3) is 0.185. The minimum absolute atomic E-state index is 0.0100. The van der Waals surface area contributed by atoms with Gasteiger partial charge in [0.25, 0.3) is 11.8 Å². The monoisotopic (exact) mass is 553 g/mol. The van der Waals surface area contributed by atoms with Gasteiger partial charge in [-0.3, -0.25) is 14.6 Å². The van der Waals surface area contributed by atoms with Crippen LogP contribution >= 0.6 is 23.2 Å². The van der Waals surface area contributed by atoms with Gasteiger partial charge in [0.2, 0.25) is 0 Å². The van der Waals surface area contributed by atoms with Crippen LogP contribution in [0.3, 0.4) is 0 Å². The minimum Gasteiger partial charge on any atom is -0.381 e. The van der Waals surface area contributed by atoms with Gasteiger partial charge in [0.05, 0.1) is 27.9 Å². The molecule has 1 saturated heterocycles. The Bertz CT molecular complexity index is 1490. The number of hydrogen-bond donors (Lipinski definition) is 2. The molecule has 1 aliphatic heterocycles. The number of nitrogens with zero attached hydrogens (tertiary/aromatic N) is 3. The third-order valence-corrected chi connectivity index (χ3v) is 6.70. The number of nitrogens with one attached hydrogen (secondary N) is 2. The lowest BCUT2D eigenvalue weighted by molar-refractivity contribution is 0.0938. The molecular formula is C27H22Cl2FN5O3. The van der Waals surface area contributed by atoms with Gasteiger partial charge >= 0.3 is 0 Å². The molecule has 1 atom stereocenters. The van der Waals surface area contributed by atoms with E-state index in [-0.39, 0.29) is 50.2 Å². The van der Waals surface area contributed by atoms with Crippen molar-refractivity contribution in [3.8, 4) is 16.9 Å². The van der Waals surface area contributed by atoms with Crippen LogP contribution in [0, 0.1) is 11.7 Å². The van der Waals surface area contributed by atoms with Crippen molar-refractivity contribution in [2.24, 2.45) is 5.92 Å². The Morgan fingerprint density at radius 1 is 1.05 bits per heavy atom. The Labute approximate surface area is 227 Å². The van der Waals surface area contributed by atoms with E-state index in [1.165, 1.54) is 41.2 Å². The molecule has 0 radical (unpaired) electrons. The number of ether oxygens (including phenoxy) is 1. The molecule has 1 aliphatic rings. The Morgan fingerprint density at radius 3 is 2.61 bits per heavy atom. The van der Waals surface area contributed by atoms with E-state index in [1.54, 1.807) is 12.1 Å². The van der Waals surface area contributed by atoms with E-state index < -0.39 is 11.7 Å². The van der Waals surface area contributed by atoms with E-state index in [4.69, 9.17) is 27.9 Å². The lowest BCUT2D eigenvalue weighted by Gasteiger charge is -2.12. The minimum atomic E-state index is -0.601. The van der Waals surface area contributed by atoms with Gasteiger partial charge in [0, 0.05) is 36.9 Å². The molecule has 2 amide bonds. The number of anilines is 1. The van der Waals surface area contributed by atoms with Crippen molar-refractivity contribution in [2.75, 3.05) is 25.1 Å². The zero-order valence-electron chi connectivity index (χ0n) is 20.0. The standard InChI is InChI=1S/C27H22Cl2FN5O3/c28-20-12-21(29)19(11-18(20)25-22(30)7-4-9-31-25)26(36)33-24-13-23(27(37)32-14-16-8-10-38-15-16)34-35(24)17-5-2-1-3-6-17/h1-7,9,11-13,16H,8,10,14-15H2,(H,32,37)(H,33,36). The summed E-state index contributed by atoms with van der Waals surface area (Å²) in [4.78, 5) is 30.3. The summed E-state index contributed by atoms with van der Waals surface area (Å²) >= 11 is 12.7. The molecule has 2 aromatic carbocycles. The number of carbonyl (C=O) groups is 2. The second-order valence-corrected chi connectivity index (χ2v) is 9.52. The molecule has 3 heterocycles. The third-order valence-electron chi connectivity index (χ3n) is 6.07. The van der Waals surface area contributed by atoms with Gasteiger partial charge in [-0.25, -0.2) is 9.07 Å². The molecule has 194 valence electrons. The fourth-order valence-corrected chi connectivity index (χ4v) is 4.65. The van der Waals surface area contributed by atoms with Crippen molar-refractivity contribution < 1.29 is 18.7 Å². The van der Waals surface area contributed by atoms with Gasteiger partial charge in [-0.05, 0) is 42.8 Å². The molecule has 8 nitrogen and oxygen atoms in total. The molecule has 0 bridgehead atoms. The van der Waals surface area contributed by atoms with E-state index in [1.807, 2.05) is 18.2 Å². The SMILES string of the molecule is O=C(NCC1CCOC1)c1cc(NC(=O)c2cc(-c3ncccc3F)c(Cl)cc2Cl)n(-c2ccccc2)n1. The van der Waals surface area contributed by atoms with E-state index in [0.29, 0.717) is 25.4 Å². The number of hydrogen-bond acceptors (Lipinski definition) is 5. The second kappa shape index (κ2) is 11.3. The number of benzene rings is 2. The third kappa shape index (κ3) is 5.55. The molecule has 38 heavy (non-hydrogen) atoms. The highest BCUT2D eigenvalue weighted by Crippen LogP contribution is 2.33. The highest BCUT2D eigenvalue weighted by atomic mass is 35.5. The van der Waals surface area contributed by atoms with Crippen LogP contribution in [0.15, 0.2) is 66.9 Å². The zero-order chi connectivity index (χ0) is 26.6. The molecule has 4 aromatic rings. The summed E-state index contributed by atoms with van der Waals surface area (Å²) in [6.07, 6.45) is 2.31. The van der Waals surface area contributed by atoms with Crippen LogP contribution in [0.4, 0.5) is 10.2 Å². The fourth-order valence-electron chi connectivity index (χ4n) is 4.09. The summed E-state index contributed by atoms with van der Waals surface area (Å²) in [7, 11) is 0. The number of halogens is 3. The number of para-hydroxylation sites is 1. The Kier molecular flexibility index (Phi) is 7.69. The van der Waals surface area contributed by atoms with Gasteiger partial charge in [-0.15, -0.1) is 0 Å². The zero-order valence-corrected chi connectivity index (χ0v) is 21.5. The van der Waals surface area contributed by atoms with Gasteiger partial charge < -0.3 is 15.4 Å². The van der Waals surface area contributed by atoms with Gasteiger partial charge in [-0.2, -0.15) is 5.10 Å². The maximum atomic E-state index is 14.4. The summed E-state index contributed by atoms with van der Waals surface area (Å²) in [5.74, 6) is -1.08. The topological polar surface area (TPSA) is 98.1 Å². The van der Waals surface area contributed by atoms with E-state index in [9.17, 15) is 14.0 Å². The average molecular weight is 554 g/mol. The Morgan fingerprint density at radius 2 is 1.87 bits per heavy atom. The lowest BCUT2D eigenvalue weighted by atomic mass is 10.1. The van der Waals surface area contributed by atoms with Crippen molar-refractivity contribution in [2.45, 2.75) is 6.42 Å². The van der Waals surface area contributed by atoms with Crippen molar-refractivity contribution in [1.82, 2.24) is 20.1 Å². The predicted molar refractivity (Wildman–Crippen MR) is 142 cm³/mol. The molecule has 2 aromatic heterocycles. The molecular weight excluding hydrogens is 532 g/mol. The highest BCUT2D eigenvalue weighted by Gasteiger charge is 2.22. The number of carbonyl (C=O) groups excluding carboxylic acids is 2. The first-order chi connectivity index (χ1) is 18.4. The molecule has 0 spiro atoms. The summed E-state index contributed by atoms with van der Waals surface area (Å²) in [5.41, 5.74) is 1.01. The van der Waals surface area contributed by atoms with Crippen LogP contribution in [-0.4, -0.2) is 46.3 Å². The van der Waals surface area contributed by atoms with E-state index >= 15 is 0 Å². The smallest absolute Gasteiger partial charge is 0.271 e. The summed E-state index contributed by atoms with van der Waals surface area (Å²) in [5, 5.41) is 10.3. The Balaban J connectivity index is 1.45. The number of rotatable bonds is 7. The summed E-state index contributed by atoms with van der Waals surface area (Å²) < 4.78 is 21.2. The normalized spacial score (nSPS) is 14.9. The largest absolute Gasteiger partial charge is 0.381 e. The molecule has 1 unspecified atom stereocenters. The summed E-state index contributed by atoms with van der Waals surface area (Å²) in [6.45, 7) is 1.75. The number of aromatic nitrogens is 3. The first-order valence-corrected chi connectivity index (χ1v) is 12.6. The Hall–Kier alpha value is -3.79. The van der Waals surface area contributed by atoms with Crippen LogP contribution in [0.2, 0.25) is 10.0 Å². The quantitative estimate of drug-likeness (QED) is 0.319. The van der Waals surface area contributed by atoms with Crippen molar-refractivity contribution in [3.63, 3.8) is 0 Å². The number of pyridine rings is 1. The van der Waals surface area contributed by atoms with Crippen LogP contribution in [0.25, 0.3) is 16.9 Å². The molecule has 0 saturated carbocycles. The van der Waals surface area contributed by atoms with Gasteiger partial charge in [-0.1, -0.05) is 41.4 Å². The van der Waals surface area contributed by atoms with E-state index in [2.05, 4.69) is 20.7 Å². The van der Waals surface area contributed by atoms with E-state index in [0.717, 1.165) is 6.42 Å². The first kappa shape index (κ1) is 25.8. The maximum Gasteiger partial charge on any atom is 0.271 e.